The summed E-state index contributed by atoms with van der Waals surface area (Å²) in [5.74, 6) is 0.534. The van der Waals surface area contributed by atoms with Gasteiger partial charge in [0.15, 0.2) is 0 Å². The van der Waals surface area contributed by atoms with Gasteiger partial charge in [0, 0.05) is 6.08 Å². The third-order valence-electron chi connectivity index (χ3n) is 4.17. The fraction of sp³-hybridized carbons (Fsp3) is 0.412. The summed E-state index contributed by atoms with van der Waals surface area (Å²) in [7, 11) is 0. The summed E-state index contributed by atoms with van der Waals surface area (Å²) in [6.45, 7) is 2.17. The van der Waals surface area contributed by atoms with Crippen LogP contribution in [0.3, 0.4) is 0 Å². The van der Waals surface area contributed by atoms with Crippen LogP contribution in [0.15, 0.2) is 24.3 Å². The average molecular weight is 299 g/mol. The molecule has 0 amide bonds. The lowest BCUT2D eigenvalue weighted by Crippen LogP contribution is -2.34. The van der Waals surface area contributed by atoms with Crippen molar-refractivity contribution in [3.63, 3.8) is 0 Å². The number of carbonyl (C=O) groups excluding carboxylic acids is 1. The van der Waals surface area contributed by atoms with Crippen LogP contribution in [0, 0.1) is 0 Å². The molecule has 1 fully saturated rings. The molecule has 3 rings (SSSR count). The molecular weight excluding hydrogens is 278 g/mol. The first-order valence-corrected chi connectivity index (χ1v) is 7.75. The van der Waals surface area contributed by atoms with E-state index in [1.165, 1.54) is 6.08 Å². The number of ether oxygens (including phenoxy) is 1. The number of nitrogens with two attached hydrogens (primary N) is 1. The number of hydrogen-bond donors (Lipinski definition) is 2. The van der Waals surface area contributed by atoms with Gasteiger partial charge >= 0.3 is 5.97 Å². The van der Waals surface area contributed by atoms with E-state index in [1.54, 1.807) is 13.0 Å². The molecule has 1 aliphatic carbocycles. The molecule has 0 atom stereocenters. The third-order valence-corrected chi connectivity index (χ3v) is 4.17. The predicted octanol–water partition coefficient (Wildman–Crippen LogP) is 2.87. The van der Waals surface area contributed by atoms with E-state index in [2.05, 4.69) is 9.97 Å². The first kappa shape index (κ1) is 14.8. The number of carbonyl (C=O) groups is 1. The molecule has 0 aliphatic heterocycles. The van der Waals surface area contributed by atoms with Crippen LogP contribution >= 0.6 is 0 Å². The quantitative estimate of drug-likeness (QED) is 0.672. The lowest BCUT2D eigenvalue weighted by Gasteiger charge is -2.19. The van der Waals surface area contributed by atoms with Crippen LogP contribution in [-0.2, 0) is 15.1 Å². The number of aromatic nitrogens is 2. The molecule has 0 radical (unpaired) electrons. The van der Waals surface area contributed by atoms with E-state index in [4.69, 9.17) is 10.5 Å². The standard InChI is InChI=1S/C17H21N3O2/c1-2-22-15(21)8-6-12-5-7-13-14(11-12)20-16(19-13)17(18)9-3-4-10-17/h5-8,11H,2-4,9-10,18H2,1H3,(H,19,20). The lowest BCUT2D eigenvalue weighted by atomic mass is 9.99. The van der Waals surface area contributed by atoms with Crippen LogP contribution in [-0.4, -0.2) is 22.5 Å². The molecular formula is C17H21N3O2. The van der Waals surface area contributed by atoms with Gasteiger partial charge in [-0.3, -0.25) is 0 Å². The summed E-state index contributed by atoms with van der Waals surface area (Å²) in [5.41, 5.74) is 8.90. The van der Waals surface area contributed by atoms with Crippen LogP contribution in [0.5, 0.6) is 0 Å². The Balaban J connectivity index is 1.86. The van der Waals surface area contributed by atoms with Crippen molar-refractivity contribution >= 4 is 23.1 Å². The Morgan fingerprint density at radius 3 is 2.95 bits per heavy atom. The van der Waals surface area contributed by atoms with Crippen molar-refractivity contribution in [1.82, 2.24) is 9.97 Å². The van der Waals surface area contributed by atoms with Crippen LogP contribution < -0.4 is 5.73 Å². The minimum absolute atomic E-state index is 0.319. The zero-order valence-electron chi connectivity index (χ0n) is 12.8. The van der Waals surface area contributed by atoms with Gasteiger partial charge in [0.05, 0.1) is 23.2 Å². The number of benzene rings is 1. The highest BCUT2D eigenvalue weighted by Gasteiger charge is 2.34. The van der Waals surface area contributed by atoms with Crippen molar-refractivity contribution < 1.29 is 9.53 Å². The second-order valence-corrected chi connectivity index (χ2v) is 5.81. The lowest BCUT2D eigenvalue weighted by molar-refractivity contribution is -0.137. The van der Waals surface area contributed by atoms with E-state index in [0.717, 1.165) is 48.1 Å². The van der Waals surface area contributed by atoms with Crippen LogP contribution in [0.25, 0.3) is 17.1 Å². The first-order chi connectivity index (χ1) is 10.6. The number of rotatable bonds is 4. The Labute approximate surface area is 129 Å². The second-order valence-electron chi connectivity index (χ2n) is 5.81. The highest BCUT2D eigenvalue weighted by atomic mass is 16.5. The van der Waals surface area contributed by atoms with Gasteiger partial charge < -0.3 is 15.5 Å². The zero-order valence-corrected chi connectivity index (χ0v) is 12.8. The molecule has 116 valence electrons. The number of nitrogens with one attached hydrogen (secondary N) is 1. The van der Waals surface area contributed by atoms with Gasteiger partial charge in [-0.15, -0.1) is 0 Å². The van der Waals surface area contributed by atoms with E-state index in [-0.39, 0.29) is 11.5 Å². The van der Waals surface area contributed by atoms with E-state index < -0.39 is 0 Å². The monoisotopic (exact) mass is 299 g/mol. The van der Waals surface area contributed by atoms with Crippen molar-refractivity contribution in [2.45, 2.75) is 38.1 Å². The third kappa shape index (κ3) is 2.90. The van der Waals surface area contributed by atoms with Gasteiger partial charge in [0.1, 0.15) is 5.82 Å². The molecule has 0 saturated heterocycles. The largest absolute Gasteiger partial charge is 0.463 e. The number of imidazole rings is 1. The Hall–Kier alpha value is -2.14. The van der Waals surface area contributed by atoms with Crippen molar-refractivity contribution in [2.24, 2.45) is 5.73 Å². The van der Waals surface area contributed by atoms with Crippen LogP contribution in [0.1, 0.15) is 44.0 Å². The minimum atomic E-state index is -0.334. The van der Waals surface area contributed by atoms with Crippen molar-refractivity contribution in [3.05, 3.63) is 35.7 Å². The number of hydrogen-bond acceptors (Lipinski definition) is 4. The molecule has 1 aromatic heterocycles. The number of esters is 1. The summed E-state index contributed by atoms with van der Waals surface area (Å²) in [6, 6.07) is 5.85. The molecule has 0 bridgehead atoms. The highest BCUT2D eigenvalue weighted by molar-refractivity contribution is 5.88. The molecule has 3 N–H and O–H groups in total. The van der Waals surface area contributed by atoms with E-state index in [0.29, 0.717) is 6.61 Å². The van der Waals surface area contributed by atoms with Gasteiger partial charge in [0.2, 0.25) is 0 Å². The fourth-order valence-corrected chi connectivity index (χ4v) is 2.96. The molecule has 2 aromatic rings. The van der Waals surface area contributed by atoms with Crippen LogP contribution in [0.4, 0.5) is 0 Å². The summed E-state index contributed by atoms with van der Waals surface area (Å²) < 4.78 is 4.87. The smallest absolute Gasteiger partial charge is 0.330 e. The Morgan fingerprint density at radius 2 is 2.23 bits per heavy atom. The van der Waals surface area contributed by atoms with Crippen LogP contribution in [0.2, 0.25) is 0 Å². The molecule has 0 spiro atoms. The van der Waals surface area contributed by atoms with Gasteiger partial charge in [-0.05, 0) is 43.5 Å². The number of nitrogens with zero attached hydrogens (tertiary/aromatic N) is 1. The molecule has 5 nitrogen and oxygen atoms in total. The fourth-order valence-electron chi connectivity index (χ4n) is 2.96. The maximum Gasteiger partial charge on any atom is 0.330 e. The molecule has 1 saturated carbocycles. The average Bonchev–Trinajstić information content (AvgIpc) is 3.12. The highest BCUT2D eigenvalue weighted by Crippen LogP contribution is 2.35. The number of fused-ring (bicyclic) bond motifs is 1. The summed E-state index contributed by atoms with van der Waals surface area (Å²) in [5, 5.41) is 0. The Morgan fingerprint density at radius 1 is 1.45 bits per heavy atom. The number of H-pyrrole nitrogens is 1. The zero-order chi connectivity index (χ0) is 15.6. The van der Waals surface area contributed by atoms with Gasteiger partial charge in [0.25, 0.3) is 0 Å². The molecule has 1 aromatic carbocycles. The predicted molar refractivity (Wildman–Crippen MR) is 86.1 cm³/mol. The Bertz CT molecular complexity index is 712. The summed E-state index contributed by atoms with van der Waals surface area (Å²) in [6.07, 6.45) is 7.43. The van der Waals surface area contributed by atoms with E-state index >= 15 is 0 Å². The SMILES string of the molecule is CCOC(=O)C=Cc1ccc2nc(C3(N)CCCC3)[nH]c2c1. The minimum Gasteiger partial charge on any atom is -0.463 e. The molecule has 1 aliphatic rings. The summed E-state index contributed by atoms with van der Waals surface area (Å²) >= 11 is 0. The van der Waals surface area contributed by atoms with Gasteiger partial charge in [-0.2, -0.15) is 0 Å². The topological polar surface area (TPSA) is 81.0 Å². The first-order valence-electron chi connectivity index (χ1n) is 7.75. The van der Waals surface area contributed by atoms with Crippen molar-refractivity contribution in [1.29, 1.82) is 0 Å². The molecule has 0 unspecified atom stereocenters. The van der Waals surface area contributed by atoms with Gasteiger partial charge in [-0.1, -0.05) is 18.9 Å². The maximum atomic E-state index is 11.4. The number of aromatic amines is 1. The van der Waals surface area contributed by atoms with Crippen molar-refractivity contribution in [2.75, 3.05) is 6.61 Å². The molecule has 5 heteroatoms. The Kier molecular flexibility index (Phi) is 3.98. The summed E-state index contributed by atoms with van der Waals surface area (Å²) in [4.78, 5) is 19.3. The molecule has 22 heavy (non-hydrogen) atoms. The normalized spacial score (nSPS) is 17.4. The van der Waals surface area contributed by atoms with Gasteiger partial charge in [-0.25, -0.2) is 9.78 Å². The molecule has 1 heterocycles. The maximum absolute atomic E-state index is 11.4. The van der Waals surface area contributed by atoms with E-state index in [9.17, 15) is 4.79 Å². The second kappa shape index (κ2) is 5.93. The van der Waals surface area contributed by atoms with Crippen molar-refractivity contribution in [3.8, 4) is 0 Å². The van der Waals surface area contributed by atoms with E-state index in [1.807, 2.05) is 18.2 Å².